The molecule has 0 atom stereocenters. The average Bonchev–Trinajstić information content (AvgIpc) is 2.28. The molecule has 1 aliphatic heterocycles. The molecule has 1 saturated heterocycles. The Hall–Kier alpha value is -0.300. The highest BCUT2D eigenvalue weighted by atomic mass is 19.3. The van der Waals surface area contributed by atoms with Crippen molar-refractivity contribution in [2.75, 3.05) is 46.6 Å². The molecule has 0 aromatic carbocycles. The molecule has 20 heavy (non-hydrogen) atoms. The first-order valence-electron chi connectivity index (χ1n) is 7.42. The molecule has 0 radical (unpaired) electrons. The SMILES string of the molecule is CN1CC(OCCCOCC(F)(F)COC2CCC2)C1. The second kappa shape index (κ2) is 7.64. The van der Waals surface area contributed by atoms with Gasteiger partial charge in [-0.25, -0.2) is 8.78 Å². The van der Waals surface area contributed by atoms with Crippen molar-refractivity contribution in [2.24, 2.45) is 0 Å². The molecular formula is C14H25F2NO3. The topological polar surface area (TPSA) is 30.9 Å². The summed E-state index contributed by atoms with van der Waals surface area (Å²) in [5.74, 6) is -2.88. The standard InChI is InChI=1S/C14H25F2NO3/c1-17-8-13(9-17)19-7-3-6-18-10-14(15,16)11-20-12-4-2-5-12/h12-13H,2-11H2,1H3. The minimum absolute atomic E-state index is 0.0369. The maximum absolute atomic E-state index is 13.4. The van der Waals surface area contributed by atoms with Crippen LogP contribution in [0.3, 0.4) is 0 Å². The monoisotopic (exact) mass is 293 g/mol. The van der Waals surface area contributed by atoms with Crippen molar-refractivity contribution in [2.45, 2.75) is 43.8 Å². The van der Waals surface area contributed by atoms with Gasteiger partial charge in [-0.3, -0.25) is 0 Å². The number of halogens is 2. The third-order valence-corrected chi connectivity index (χ3v) is 3.71. The van der Waals surface area contributed by atoms with Gasteiger partial charge in [-0.05, 0) is 32.7 Å². The molecule has 1 saturated carbocycles. The van der Waals surface area contributed by atoms with Gasteiger partial charge in [0, 0.05) is 26.3 Å². The quantitative estimate of drug-likeness (QED) is 0.576. The molecule has 0 amide bonds. The molecule has 6 heteroatoms. The summed E-state index contributed by atoms with van der Waals surface area (Å²) in [6.07, 6.45) is 3.89. The molecular weight excluding hydrogens is 268 g/mol. The number of alkyl halides is 2. The van der Waals surface area contributed by atoms with Gasteiger partial charge in [0.1, 0.15) is 13.2 Å². The van der Waals surface area contributed by atoms with Crippen LogP contribution in [0.25, 0.3) is 0 Å². The van der Waals surface area contributed by atoms with E-state index in [2.05, 4.69) is 4.90 Å². The summed E-state index contributed by atoms with van der Waals surface area (Å²) in [6.45, 7) is 1.70. The molecule has 2 rings (SSSR count). The molecule has 1 heterocycles. The Labute approximate surface area is 119 Å². The zero-order valence-corrected chi connectivity index (χ0v) is 12.2. The summed E-state index contributed by atoms with van der Waals surface area (Å²) >= 11 is 0. The van der Waals surface area contributed by atoms with Gasteiger partial charge in [0.2, 0.25) is 0 Å². The van der Waals surface area contributed by atoms with Crippen molar-refractivity contribution in [3.63, 3.8) is 0 Å². The lowest BCUT2D eigenvalue weighted by atomic mass is 9.96. The first-order chi connectivity index (χ1) is 9.55. The van der Waals surface area contributed by atoms with Gasteiger partial charge in [-0.15, -0.1) is 0 Å². The predicted molar refractivity (Wildman–Crippen MR) is 71.2 cm³/mol. The minimum atomic E-state index is -2.88. The van der Waals surface area contributed by atoms with Crippen LogP contribution in [0, 0.1) is 0 Å². The van der Waals surface area contributed by atoms with E-state index in [1.165, 1.54) is 0 Å². The minimum Gasteiger partial charge on any atom is -0.375 e. The number of ether oxygens (including phenoxy) is 3. The summed E-state index contributed by atoms with van der Waals surface area (Å²) in [7, 11) is 2.04. The highest BCUT2D eigenvalue weighted by molar-refractivity contribution is 4.77. The Morgan fingerprint density at radius 1 is 1.05 bits per heavy atom. The molecule has 1 aliphatic carbocycles. The van der Waals surface area contributed by atoms with Gasteiger partial charge in [-0.1, -0.05) is 0 Å². The van der Waals surface area contributed by atoms with Crippen molar-refractivity contribution in [1.82, 2.24) is 4.90 Å². The van der Waals surface area contributed by atoms with Gasteiger partial charge < -0.3 is 19.1 Å². The second-order valence-electron chi connectivity index (χ2n) is 5.84. The molecule has 118 valence electrons. The van der Waals surface area contributed by atoms with Gasteiger partial charge in [-0.2, -0.15) is 0 Å². The van der Waals surface area contributed by atoms with Crippen molar-refractivity contribution in [3.8, 4) is 0 Å². The van der Waals surface area contributed by atoms with E-state index in [9.17, 15) is 8.78 Å². The molecule has 0 aromatic rings. The molecule has 2 aliphatic rings. The normalized spacial score (nSPS) is 21.8. The van der Waals surface area contributed by atoms with E-state index in [1.807, 2.05) is 7.05 Å². The molecule has 0 bridgehead atoms. The summed E-state index contributed by atoms with van der Waals surface area (Å²) < 4.78 is 42.5. The highest BCUT2D eigenvalue weighted by Gasteiger charge is 2.32. The van der Waals surface area contributed by atoms with Crippen LogP contribution >= 0.6 is 0 Å². The van der Waals surface area contributed by atoms with Gasteiger partial charge >= 0.3 is 0 Å². The zero-order valence-electron chi connectivity index (χ0n) is 12.2. The van der Waals surface area contributed by atoms with Crippen LogP contribution < -0.4 is 0 Å². The Kier molecular flexibility index (Phi) is 6.14. The zero-order chi connectivity index (χ0) is 14.4. The molecule has 2 fully saturated rings. The third-order valence-electron chi connectivity index (χ3n) is 3.71. The fourth-order valence-electron chi connectivity index (χ4n) is 2.20. The smallest absolute Gasteiger partial charge is 0.293 e. The van der Waals surface area contributed by atoms with Crippen molar-refractivity contribution in [1.29, 1.82) is 0 Å². The Balaban J connectivity index is 1.40. The number of likely N-dealkylation sites (tertiary alicyclic amines) is 1. The van der Waals surface area contributed by atoms with E-state index in [1.54, 1.807) is 0 Å². The Morgan fingerprint density at radius 2 is 1.80 bits per heavy atom. The third kappa shape index (κ3) is 5.60. The summed E-state index contributed by atoms with van der Waals surface area (Å²) in [4.78, 5) is 2.17. The van der Waals surface area contributed by atoms with E-state index in [-0.39, 0.29) is 6.10 Å². The van der Waals surface area contributed by atoms with Crippen molar-refractivity contribution >= 4 is 0 Å². The fourth-order valence-corrected chi connectivity index (χ4v) is 2.20. The lowest BCUT2D eigenvalue weighted by Crippen LogP contribution is -2.49. The van der Waals surface area contributed by atoms with Crippen molar-refractivity contribution < 1.29 is 23.0 Å². The van der Waals surface area contributed by atoms with Crippen LogP contribution in [-0.2, 0) is 14.2 Å². The lowest BCUT2D eigenvalue weighted by molar-refractivity contribution is -0.148. The molecule has 4 nitrogen and oxygen atoms in total. The summed E-state index contributed by atoms with van der Waals surface area (Å²) in [5.41, 5.74) is 0. The molecule has 0 spiro atoms. The lowest BCUT2D eigenvalue weighted by Gasteiger charge is -2.35. The van der Waals surface area contributed by atoms with E-state index in [0.717, 1.165) is 32.4 Å². The van der Waals surface area contributed by atoms with Gasteiger partial charge in [0.15, 0.2) is 0 Å². The van der Waals surface area contributed by atoms with Crippen molar-refractivity contribution in [3.05, 3.63) is 0 Å². The first kappa shape index (κ1) is 16.1. The van der Waals surface area contributed by atoms with Crippen LogP contribution in [0.15, 0.2) is 0 Å². The number of rotatable bonds is 10. The predicted octanol–water partition coefficient (Wildman–Crippen LogP) is 1.93. The van der Waals surface area contributed by atoms with Crippen LogP contribution in [-0.4, -0.2) is 69.6 Å². The van der Waals surface area contributed by atoms with Crippen LogP contribution in [0.4, 0.5) is 8.78 Å². The van der Waals surface area contributed by atoms with E-state index >= 15 is 0 Å². The number of likely N-dealkylation sites (N-methyl/N-ethyl adjacent to an activating group) is 1. The number of nitrogens with zero attached hydrogens (tertiary/aromatic N) is 1. The van der Waals surface area contributed by atoms with E-state index in [0.29, 0.717) is 25.7 Å². The van der Waals surface area contributed by atoms with Gasteiger partial charge in [0.25, 0.3) is 5.92 Å². The van der Waals surface area contributed by atoms with E-state index in [4.69, 9.17) is 14.2 Å². The fraction of sp³-hybridized carbons (Fsp3) is 1.00. The first-order valence-corrected chi connectivity index (χ1v) is 7.42. The van der Waals surface area contributed by atoms with Crippen LogP contribution in [0.1, 0.15) is 25.7 Å². The average molecular weight is 293 g/mol. The molecule has 0 N–H and O–H groups in total. The Morgan fingerprint density at radius 3 is 2.40 bits per heavy atom. The molecule has 0 aromatic heterocycles. The Bertz CT molecular complexity index is 282. The maximum Gasteiger partial charge on any atom is 0.293 e. The summed E-state index contributed by atoms with van der Waals surface area (Å²) in [6, 6.07) is 0. The maximum atomic E-state index is 13.4. The number of hydrogen-bond acceptors (Lipinski definition) is 4. The second-order valence-corrected chi connectivity index (χ2v) is 5.84. The summed E-state index contributed by atoms with van der Waals surface area (Å²) in [5, 5.41) is 0. The number of hydrogen-bond donors (Lipinski definition) is 0. The molecule has 0 unspecified atom stereocenters. The van der Waals surface area contributed by atoms with Crippen LogP contribution in [0.5, 0.6) is 0 Å². The largest absolute Gasteiger partial charge is 0.375 e. The highest BCUT2D eigenvalue weighted by Crippen LogP contribution is 2.24. The van der Waals surface area contributed by atoms with Crippen LogP contribution in [0.2, 0.25) is 0 Å². The van der Waals surface area contributed by atoms with Gasteiger partial charge in [0.05, 0.1) is 12.2 Å². The van der Waals surface area contributed by atoms with E-state index < -0.39 is 19.1 Å².